The number of nitrogens with zero attached hydrogens (tertiary/aromatic N) is 4. The lowest BCUT2D eigenvalue weighted by atomic mass is 9.99. The first-order valence-corrected chi connectivity index (χ1v) is 17.1. The number of para-hydroxylation sites is 3. The van der Waals surface area contributed by atoms with Crippen molar-refractivity contribution in [2.75, 3.05) is 0 Å². The van der Waals surface area contributed by atoms with Crippen LogP contribution < -0.4 is 0 Å². The fourth-order valence-corrected chi connectivity index (χ4v) is 8.70. The Morgan fingerprint density at radius 3 is 1.88 bits per heavy atom. The van der Waals surface area contributed by atoms with E-state index in [0.29, 0.717) is 5.95 Å². The highest BCUT2D eigenvalue weighted by Gasteiger charge is 2.26. The van der Waals surface area contributed by atoms with E-state index in [1.807, 2.05) is 0 Å². The second-order valence-electron chi connectivity index (χ2n) is 13.4. The van der Waals surface area contributed by atoms with Crippen LogP contribution in [-0.4, -0.2) is 18.9 Å². The summed E-state index contributed by atoms with van der Waals surface area (Å²) in [6.45, 7) is 0. The van der Waals surface area contributed by atoms with Gasteiger partial charge in [-0.2, -0.15) is 0 Å². The smallest absolute Gasteiger partial charge is 0.235 e. The van der Waals surface area contributed by atoms with Crippen molar-refractivity contribution in [2.24, 2.45) is 0 Å². The standard InChI is InChI=1S/C46H26N4/c1-2-14-29-25-41-35(24-28(29)13-1)37-26-36-31-17-6-9-22-39(31)50(45(36)42-34-19-7-10-23-40(34)49(41)44(37)42)46-47-38-21-8-5-18-33(38)43(48-46)32-20-11-15-27-12-3-4-16-30(27)32/h1-26H. The molecule has 0 spiro atoms. The molecule has 0 fully saturated rings. The van der Waals surface area contributed by atoms with Gasteiger partial charge >= 0.3 is 0 Å². The van der Waals surface area contributed by atoms with Crippen LogP contribution in [0.1, 0.15) is 0 Å². The van der Waals surface area contributed by atoms with Crippen molar-refractivity contribution in [2.45, 2.75) is 0 Å². The van der Waals surface area contributed by atoms with Crippen LogP contribution in [0.25, 0.3) is 110 Å². The van der Waals surface area contributed by atoms with Crippen molar-refractivity contribution in [1.82, 2.24) is 18.9 Å². The Kier molecular flexibility index (Phi) is 4.94. The van der Waals surface area contributed by atoms with Gasteiger partial charge in [0.1, 0.15) is 0 Å². The summed E-state index contributed by atoms with van der Waals surface area (Å²) in [7, 11) is 0. The molecule has 0 unspecified atom stereocenters. The number of fused-ring (bicyclic) bond motifs is 13. The van der Waals surface area contributed by atoms with Gasteiger partial charge in [0, 0.05) is 43.3 Å². The predicted molar refractivity (Wildman–Crippen MR) is 209 cm³/mol. The molecule has 12 aromatic rings. The van der Waals surface area contributed by atoms with Crippen LogP contribution in [0, 0.1) is 0 Å². The minimum absolute atomic E-state index is 0.672. The fourth-order valence-electron chi connectivity index (χ4n) is 8.70. The molecule has 0 N–H and O–H groups in total. The molecule has 0 aliphatic rings. The first-order valence-electron chi connectivity index (χ1n) is 17.1. The third-order valence-electron chi connectivity index (χ3n) is 10.8. The zero-order chi connectivity index (χ0) is 32.5. The average molecular weight is 635 g/mol. The largest absolute Gasteiger partial charge is 0.308 e. The Hall–Kier alpha value is -6.78. The Labute approximate surface area is 285 Å². The van der Waals surface area contributed by atoms with Crippen LogP contribution in [0.5, 0.6) is 0 Å². The van der Waals surface area contributed by atoms with Gasteiger partial charge in [-0.05, 0) is 57.9 Å². The number of aromatic nitrogens is 4. The summed E-state index contributed by atoms with van der Waals surface area (Å²) in [5.41, 5.74) is 8.87. The average Bonchev–Trinajstić information content (AvgIpc) is 3.80. The minimum Gasteiger partial charge on any atom is -0.308 e. The Morgan fingerprint density at radius 2 is 1.02 bits per heavy atom. The van der Waals surface area contributed by atoms with Gasteiger partial charge in [-0.25, -0.2) is 9.97 Å². The maximum Gasteiger partial charge on any atom is 0.235 e. The molecule has 12 rings (SSSR count). The molecule has 4 heterocycles. The summed E-state index contributed by atoms with van der Waals surface area (Å²) in [5, 5.41) is 13.3. The zero-order valence-electron chi connectivity index (χ0n) is 26.8. The Balaban J connectivity index is 1.30. The van der Waals surface area contributed by atoms with E-state index in [4.69, 9.17) is 9.97 Å². The van der Waals surface area contributed by atoms with Gasteiger partial charge in [0.2, 0.25) is 5.95 Å². The number of hydrogen-bond acceptors (Lipinski definition) is 2. The molecule has 4 nitrogen and oxygen atoms in total. The maximum atomic E-state index is 5.52. The van der Waals surface area contributed by atoms with Crippen molar-refractivity contribution in [3.63, 3.8) is 0 Å². The van der Waals surface area contributed by atoms with E-state index >= 15 is 0 Å². The van der Waals surface area contributed by atoms with Crippen molar-refractivity contribution in [3.8, 4) is 17.2 Å². The molecule has 0 amide bonds. The molecule has 50 heavy (non-hydrogen) atoms. The molecule has 0 saturated carbocycles. The first kappa shape index (κ1) is 26.2. The summed E-state index contributed by atoms with van der Waals surface area (Å²) in [4.78, 5) is 10.9. The van der Waals surface area contributed by atoms with Crippen LogP contribution in [0.4, 0.5) is 0 Å². The molecule has 0 aliphatic carbocycles. The highest BCUT2D eigenvalue weighted by atomic mass is 15.2. The van der Waals surface area contributed by atoms with E-state index in [1.54, 1.807) is 0 Å². The summed E-state index contributed by atoms with van der Waals surface area (Å²) in [6, 6.07) is 56.8. The lowest BCUT2D eigenvalue weighted by Crippen LogP contribution is -2.04. The molecular formula is C46H26N4. The summed E-state index contributed by atoms with van der Waals surface area (Å²) in [6.07, 6.45) is 0. The van der Waals surface area contributed by atoms with Gasteiger partial charge in [-0.15, -0.1) is 0 Å². The number of rotatable bonds is 2. The van der Waals surface area contributed by atoms with Crippen LogP contribution >= 0.6 is 0 Å². The van der Waals surface area contributed by atoms with Crippen molar-refractivity contribution in [1.29, 1.82) is 0 Å². The van der Waals surface area contributed by atoms with Gasteiger partial charge < -0.3 is 4.40 Å². The molecular weight excluding hydrogens is 609 g/mol. The SMILES string of the molecule is c1ccc2cc3c(cc2c1)c1cc2c4ccccc4n(-c4nc(-c5cccc6ccccc56)c5ccccc5n4)c2c2c4ccccc4n3c12. The van der Waals surface area contributed by atoms with Gasteiger partial charge in [0.15, 0.2) is 0 Å². The molecule has 0 atom stereocenters. The first-order chi connectivity index (χ1) is 24.8. The summed E-state index contributed by atoms with van der Waals surface area (Å²) in [5.74, 6) is 0.672. The van der Waals surface area contributed by atoms with Gasteiger partial charge in [-0.1, -0.05) is 121 Å². The summed E-state index contributed by atoms with van der Waals surface area (Å²) >= 11 is 0. The second kappa shape index (κ2) is 9.43. The predicted octanol–water partition coefficient (Wildman–Crippen LogP) is 11.9. The fraction of sp³-hybridized carbons (Fsp3) is 0. The Bertz CT molecular complexity index is 3380. The quantitative estimate of drug-likeness (QED) is 0.190. The minimum atomic E-state index is 0.672. The number of hydrogen-bond donors (Lipinski definition) is 0. The molecule has 0 bridgehead atoms. The lowest BCUT2D eigenvalue weighted by Gasteiger charge is -2.13. The van der Waals surface area contributed by atoms with Crippen LogP contribution in [-0.2, 0) is 0 Å². The van der Waals surface area contributed by atoms with Crippen LogP contribution in [0.2, 0.25) is 0 Å². The lowest BCUT2D eigenvalue weighted by molar-refractivity contribution is 1.02. The molecule has 4 heteroatoms. The number of benzene rings is 8. The molecule has 4 aromatic heterocycles. The van der Waals surface area contributed by atoms with Crippen molar-refractivity contribution in [3.05, 3.63) is 158 Å². The normalized spacial score (nSPS) is 12.4. The Morgan fingerprint density at radius 1 is 0.380 bits per heavy atom. The monoisotopic (exact) mass is 634 g/mol. The van der Waals surface area contributed by atoms with E-state index in [0.717, 1.165) is 33.2 Å². The zero-order valence-corrected chi connectivity index (χ0v) is 26.8. The van der Waals surface area contributed by atoms with Crippen molar-refractivity contribution < 1.29 is 0 Å². The molecule has 230 valence electrons. The summed E-state index contributed by atoms with van der Waals surface area (Å²) < 4.78 is 4.80. The molecule has 0 radical (unpaired) electrons. The second-order valence-corrected chi connectivity index (χ2v) is 13.4. The van der Waals surface area contributed by atoms with Gasteiger partial charge in [0.05, 0.1) is 38.8 Å². The van der Waals surface area contributed by atoms with Crippen LogP contribution in [0.15, 0.2) is 158 Å². The van der Waals surface area contributed by atoms with Crippen molar-refractivity contribution >= 4 is 92.3 Å². The van der Waals surface area contributed by atoms with E-state index < -0.39 is 0 Å². The topological polar surface area (TPSA) is 35.1 Å². The highest BCUT2D eigenvalue weighted by molar-refractivity contribution is 6.34. The van der Waals surface area contributed by atoms with E-state index in [2.05, 4.69) is 167 Å². The van der Waals surface area contributed by atoms with Gasteiger partial charge in [-0.3, -0.25) is 4.57 Å². The molecule has 0 aliphatic heterocycles. The third-order valence-corrected chi connectivity index (χ3v) is 10.8. The van der Waals surface area contributed by atoms with Crippen LogP contribution in [0.3, 0.4) is 0 Å². The highest BCUT2D eigenvalue weighted by Crippen LogP contribution is 2.47. The van der Waals surface area contributed by atoms with E-state index in [9.17, 15) is 0 Å². The maximum absolute atomic E-state index is 5.52. The molecule has 0 saturated heterocycles. The van der Waals surface area contributed by atoms with E-state index in [-0.39, 0.29) is 0 Å². The third kappa shape index (κ3) is 3.30. The molecule has 8 aromatic carbocycles. The van der Waals surface area contributed by atoms with E-state index in [1.165, 1.54) is 70.4 Å². The van der Waals surface area contributed by atoms with Gasteiger partial charge in [0.25, 0.3) is 0 Å².